The molecule has 1 saturated heterocycles. The fourth-order valence-corrected chi connectivity index (χ4v) is 4.40. The second-order valence-corrected chi connectivity index (χ2v) is 8.64. The van der Waals surface area contributed by atoms with Crippen molar-refractivity contribution in [2.24, 2.45) is 28.1 Å². The lowest BCUT2D eigenvalue weighted by Gasteiger charge is -2.47. The van der Waals surface area contributed by atoms with E-state index in [0.717, 1.165) is 11.8 Å². The van der Waals surface area contributed by atoms with Crippen LogP contribution in [0.1, 0.15) is 60.8 Å². The van der Waals surface area contributed by atoms with Gasteiger partial charge in [-0.15, -0.1) is 0 Å². The highest BCUT2D eigenvalue weighted by atomic mass is 14.9. The molecule has 17 heavy (non-hydrogen) atoms. The Hall–Kier alpha value is -0.0400. The molecule has 0 aromatic heterocycles. The lowest BCUT2D eigenvalue weighted by molar-refractivity contribution is 0.0207. The van der Waals surface area contributed by atoms with E-state index < -0.39 is 0 Å². The standard InChI is InChI=1S/C16H31N/c1-14(2,3)12-7-10-17-11-16(8-9-16)13(12)15(4,5)6/h12-13,17H,7-11H2,1-6H3. The van der Waals surface area contributed by atoms with Crippen molar-refractivity contribution in [2.75, 3.05) is 13.1 Å². The van der Waals surface area contributed by atoms with E-state index in [1.807, 2.05) is 0 Å². The molecule has 1 heterocycles. The maximum absolute atomic E-state index is 3.70. The summed E-state index contributed by atoms with van der Waals surface area (Å²) in [6.45, 7) is 17.2. The van der Waals surface area contributed by atoms with Gasteiger partial charge in [-0.2, -0.15) is 0 Å². The fraction of sp³-hybridized carbons (Fsp3) is 1.00. The molecule has 0 radical (unpaired) electrons. The molecule has 1 aliphatic carbocycles. The molecular weight excluding hydrogens is 206 g/mol. The summed E-state index contributed by atoms with van der Waals surface area (Å²) < 4.78 is 0. The van der Waals surface area contributed by atoms with Crippen molar-refractivity contribution in [3.8, 4) is 0 Å². The zero-order valence-corrected chi connectivity index (χ0v) is 12.7. The number of nitrogens with one attached hydrogen (secondary N) is 1. The molecule has 1 N–H and O–H groups in total. The first-order chi connectivity index (χ1) is 7.67. The molecule has 100 valence electrons. The normalized spacial score (nSPS) is 33.5. The van der Waals surface area contributed by atoms with E-state index in [0.29, 0.717) is 16.2 Å². The smallest absolute Gasteiger partial charge is 0.00108 e. The van der Waals surface area contributed by atoms with Gasteiger partial charge in [0.25, 0.3) is 0 Å². The summed E-state index contributed by atoms with van der Waals surface area (Å²) in [6, 6.07) is 0. The van der Waals surface area contributed by atoms with Crippen LogP contribution in [-0.4, -0.2) is 13.1 Å². The van der Waals surface area contributed by atoms with Gasteiger partial charge in [-0.1, -0.05) is 41.5 Å². The van der Waals surface area contributed by atoms with E-state index in [1.165, 1.54) is 32.4 Å². The lowest BCUT2D eigenvalue weighted by atomic mass is 9.58. The Labute approximate surface area is 108 Å². The zero-order valence-electron chi connectivity index (χ0n) is 12.7. The highest BCUT2D eigenvalue weighted by Gasteiger charge is 2.57. The molecule has 2 atom stereocenters. The molecule has 1 spiro atoms. The summed E-state index contributed by atoms with van der Waals surface area (Å²) in [6.07, 6.45) is 4.26. The third-order valence-corrected chi connectivity index (χ3v) is 5.11. The van der Waals surface area contributed by atoms with Crippen LogP contribution in [0, 0.1) is 28.1 Å². The largest absolute Gasteiger partial charge is 0.316 e. The Balaban J connectivity index is 2.34. The van der Waals surface area contributed by atoms with Gasteiger partial charge in [0.05, 0.1) is 0 Å². The van der Waals surface area contributed by atoms with Crippen LogP contribution in [0.15, 0.2) is 0 Å². The average molecular weight is 237 g/mol. The van der Waals surface area contributed by atoms with E-state index in [2.05, 4.69) is 46.9 Å². The predicted molar refractivity (Wildman–Crippen MR) is 75.0 cm³/mol. The van der Waals surface area contributed by atoms with Crippen molar-refractivity contribution in [3.63, 3.8) is 0 Å². The SMILES string of the molecule is CC(C)(C)C1CCNCC2(CC2)C1C(C)(C)C. The van der Waals surface area contributed by atoms with Gasteiger partial charge in [0.1, 0.15) is 0 Å². The van der Waals surface area contributed by atoms with Crippen LogP contribution in [-0.2, 0) is 0 Å². The molecule has 1 saturated carbocycles. The van der Waals surface area contributed by atoms with Crippen LogP contribution >= 0.6 is 0 Å². The first-order valence-electron chi connectivity index (χ1n) is 7.38. The zero-order chi connectivity index (χ0) is 12.9. The van der Waals surface area contributed by atoms with Gasteiger partial charge >= 0.3 is 0 Å². The summed E-state index contributed by atoms with van der Waals surface area (Å²) >= 11 is 0. The molecule has 0 aromatic rings. The number of hydrogen-bond donors (Lipinski definition) is 1. The van der Waals surface area contributed by atoms with Gasteiger partial charge in [0, 0.05) is 6.54 Å². The van der Waals surface area contributed by atoms with Gasteiger partial charge in [-0.05, 0) is 53.9 Å². The van der Waals surface area contributed by atoms with E-state index in [-0.39, 0.29) is 0 Å². The summed E-state index contributed by atoms with van der Waals surface area (Å²) in [5.41, 5.74) is 1.52. The van der Waals surface area contributed by atoms with Gasteiger partial charge < -0.3 is 5.32 Å². The molecular formula is C16H31N. The van der Waals surface area contributed by atoms with Gasteiger partial charge in [-0.25, -0.2) is 0 Å². The maximum atomic E-state index is 3.70. The van der Waals surface area contributed by atoms with Crippen molar-refractivity contribution in [2.45, 2.75) is 60.8 Å². The topological polar surface area (TPSA) is 12.0 Å². The second-order valence-electron chi connectivity index (χ2n) is 8.64. The third-order valence-electron chi connectivity index (χ3n) is 5.11. The Morgan fingerprint density at radius 3 is 1.94 bits per heavy atom. The minimum absolute atomic E-state index is 0.444. The maximum Gasteiger partial charge on any atom is 0.00108 e. The van der Waals surface area contributed by atoms with Gasteiger partial charge in [0.2, 0.25) is 0 Å². The molecule has 2 rings (SSSR count). The fourth-order valence-electron chi connectivity index (χ4n) is 4.40. The molecule has 2 fully saturated rings. The van der Waals surface area contributed by atoms with Crippen LogP contribution in [0.4, 0.5) is 0 Å². The van der Waals surface area contributed by atoms with Crippen LogP contribution in [0.25, 0.3) is 0 Å². The minimum atomic E-state index is 0.444. The second kappa shape index (κ2) is 3.98. The summed E-state index contributed by atoms with van der Waals surface area (Å²) in [5.74, 6) is 1.74. The molecule has 2 aliphatic rings. The lowest BCUT2D eigenvalue weighted by Crippen LogP contribution is -2.42. The van der Waals surface area contributed by atoms with E-state index >= 15 is 0 Å². The molecule has 1 aliphatic heterocycles. The Bertz CT molecular complexity index is 275. The number of rotatable bonds is 0. The Kier molecular flexibility index (Phi) is 3.14. The molecule has 2 unspecified atom stereocenters. The summed E-state index contributed by atoms with van der Waals surface area (Å²) in [7, 11) is 0. The minimum Gasteiger partial charge on any atom is -0.316 e. The van der Waals surface area contributed by atoms with Crippen molar-refractivity contribution < 1.29 is 0 Å². The van der Waals surface area contributed by atoms with E-state index in [9.17, 15) is 0 Å². The van der Waals surface area contributed by atoms with E-state index in [4.69, 9.17) is 0 Å². The summed E-state index contributed by atoms with van der Waals surface area (Å²) in [4.78, 5) is 0. The average Bonchev–Trinajstić information content (AvgIpc) is 2.90. The monoisotopic (exact) mass is 237 g/mol. The van der Waals surface area contributed by atoms with Gasteiger partial charge in [0.15, 0.2) is 0 Å². The van der Waals surface area contributed by atoms with Crippen LogP contribution < -0.4 is 5.32 Å². The predicted octanol–water partition coefficient (Wildman–Crippen LogP) is 4.08. The van der Waals surface area contributed by atoms with Gasteiger partial charge in [-0.3, -0.25) is 0 Å². The van der Waals surface area contributed by atoms with Crippen LogP contribution in [0.2, 0.25) is 0 Å². The Morgan fingerprint density at radius 2 is 1.53 bits per heavy atom. The van der Waals surface area contributed by atoms with Crippen LogP contribution in [0.5, 0.6) is 0 Å². The number of hydrogen-bond acceptors (Lipinski definition) is 1. The first kappa shape index (κ1) is 13.4. The third kappa shape index (κ3) is 2.54. The molecule has 1 nitrogen and oxygen atoms in total. The van der Waals surface area contributed by atoms with Crippen molar-refractivity contribution in [1.29, 1.82) is 0 Å². The highest BCUT2D eigenvalue weighted by Crippen LogP contribution is 2.63. The van der Waals surface area contributed by atoms with E-state index in [1.54, 1.807) is 0 Å². The highest BCUT2D eigenvalue weighted by molar-refractivity contribution is 5.08. The molecule has 0 amide bonds. The van der Waals surface area contributed by atoms with Crippen molar-refractivity contribution in [3.05, 3.63) is 0 Å². The van der Waals surface area contributed by atoms with Crippen molar-refractivity contribution in [1.82, 2.24) is 5.32 Å². The Morgan fingerprint density at radius 1 is 0.941 bits per heavy atom. The quantitative estimate of drug-likeness (QED) is 0.669. The van der Waals surface area contributed by atoms with Crippen molar-refractivity contribution >= 4 is 0 Å². The van der Waals surface area contributed by atoms with Crippen LogP contribution in [0.3, 0.4) is 0 Å². The first-order valence-corrected chi connectivity index (χ1v) is 7.38. The molecule has 0 aromatic carbocycles. The molecule has 0 bridgehead atoms. The molecule has 1 heteroatoms. The summed E-state index contributed by atoms with van der Waals surface area (Å²) in [5, 5.41) is 3.70.